The molecular weight excluding hydrogens is 375 g/mol. The maximum atomic E-state index is 13.6. The summed E-state index contributed by atoms with van der Waals surface area (Å²) < 4.78 is 18.3. The van der Waals surface area contributed by atoms with Crippen LogP contribution < -0.4 is 10.6 Å². The number of aromatic nitrogens is 2. The van der Waals surface area contributed by atoms with Gasteiger partial charge in [0.25, 0.3) is 5.91 Å². The Morgan fingerprint density at radius 1 is 1.03 bits per heavy atom. The largest absolute Gasteiger partial charge is 0.465 e. The molecule has 0 atom stereocenters. The highest BCUT2D eigenvalue weighted by Gasteiger charge is 2.09. The lowest BCUT2D eigenvalue weighted by Gasteiger charge is -2.08. The number of methoxy groups -OCH3 is 1. The second kappa shape index (κ2) is 9.41. The molecule has 0 aliphatic heterocycles. The predicted molar refractivity (Wildman–Crippen MR) is 106 cm³/mol. The summed E-state index contributed by atoms with van der Waals surface area (Å²) in [4.78, 5) is 32.0. The number of ether oxygens (including phenoxy) is 1. The lowest BCUT2D eigenvalue weighted by atomic mass is 10.1. The van der Waals surface area contributed by atoms with Gasteiger partial charge in [-0.2, -0.15) is 0 Å². The van der Waals surface area contributed by atoms with E-state index in [-0.39, 0.29) is 23.2 Å². The number of nitrogens with zero attached hydrogens (tertiary/aromatic N) is 2. The van der Waals surface area contributed by atoms with Crippen molar-refractivity contribution in [3.8, 4) is 0 Å². The SMILES string of the molecule is COC(=O)c1cccc(Nc2ncc(C(=O)NCCc3ccccc3F)cn2)c1. The smallest absolute Gasteiger partial charge is 0.337 e. The summed E-state index contributed by atoms with van der Waals surface area (Å²) in [5, 5.41) is 5.67. The number of amides is 1. The molecule has 1 aromatic heterocycles. The van der Waals surface area contributed by atoms with Gasteiger partial charge in [0.2, 0.25) is 5.95 Å². The van der Waals surface area contributed by atoms with Gasteiger partial charge in [-0.05, 0) is 36.2 Å². The first-order chi connectivity index (χ1) is 14.1. The maximum Gasteiger partial charge on any atom is 0.337 e. The summed E-state index contributed by atoms with van der Waals surface area (Å²) in [5.74, 6) is -0.816. The van der Waals surface area contributed by atoms with Crippen LogP contribution in [0.5, 0.6) is 0 Å². The van der Waals surface area contributed by atoms with Crippen LogP contribution in [0.3, 0.4) is 0 Å². The average molecular weight is 394 g/mol. The van der Waals surface area contributed by atoms with Crippen molar-refractivity contribution in [3.05, 3.63) is 83.4 Å². The molecule has 0 saturated carbocycles. The zero-order valence-corrected chi connectivity index (χ0v) is 15.7. The fourth-order valence-corrected chi connectivity index (χ4v) is 2.59. The molecule has 0 fully saturated rings. The third-order valence-corrected chi connectivity index (χ3v) is 4.09. The van der Waals surface area contributed by atoms with Gasteiger partial charge >= 0.3 is 5.97 Å². The van der Waals surface area contributed by atoms with E-state index in [4.69, 9.17) is 0 Å². The monoisotopic (exact) mass is 394 g/mol. The van der Waals surface area contributed by atoms with Crippen molar-refractivity contribution in [2.24, 2.45) is 0 Å². The number of rotatable bonds is 7. The van der Waals surface area contributed by atoms with Gasteiger partial charge in [0, 0.05) is 24.6 Å². The molecule has 0 aliphatic carbocycles. The number of halogens is 1. The highest BCUT2D eigenvalue weighted by atomic mass is 19.1. The molecule has 2 aromatic carbocycles. The van der Waals surface area contributed by atoms with Crippen molar-refractivity contribution in [1.82, 2.24) is 15.3 Å². The minimum atomic E-state index is -0.447. The third kappa shape index (κ3) is 5.35. The fourth-order valence-electron chi connectivity index (χ4n) is 2.59. The Morgan fingerprint density at radius 2 is 1.79 bits per heavy atom. The van der Waals surface area contributed by atoms with Crippen LogP contribution in [0, 0.1) is 5.82 Å². The molecule has 8 heteroatoms. The third-order valence-electron chi connectivity index (χ3n) is 4.09. The Bertz CT molecular complexity index is 1010. The van der Waals surface area contributed by atoms with Crippen LogP contribution in [0.4, 0.5) is 16.0 Å². The van der Waals surface area contributed by atoms with Crippen molar-refractivity contribution < 1.29 is 18.7 Å². The Kier molecular flexibility index (Phi) is 6.47. The van der Waals surface area contributed by atoms with Crippen LogP contribution in [-0.4, -0.2) is 35.5 Å². The summed E-state index contributed by atoms with van der Waals surface area (Å²) in [6, 6.07) is 13.1. The van der Waals surface area contributed by atoms with Crippen molar-refractivity contribution in [1.29, 1.82) is 0 Å². The normalized spacial score (nSPS) is 10.3. The Morgan fingerprint density at radius 3 is 2.52 bits per heavy atom. The lowest BCUT2D eigenvalue weighted by molar-refractivity contribution is 0.0600. The number of carbonyl (C=O) groups is 2. The van der Waals surface area contributed by atoms with Gasteiger partial charge < -0.3 is 15.4 Å². The van der Waals surface area contributed by atoms with E-state index >= 15 is 0 Å². The van der Waals surface area contributed by atoms with Crippen LogP contribution in [-0.2, 0) is 11.2 Å². The van der Waals surface area contributed by atoms with Crippen molar-refractivity contribution in [3.63, 3.8) is 0 Å². The maximum absolute atomic E-state index is 13.6. The molecule has 2 N–H and O–H groups in total. The zero-order valence-electron chi connectivity index (χ0n) is 15.7. The van der Waals surface area contributed by atoms with Gasteiger partial charge in [-0.15, -0.1) is 0 Å². The first-order valence-corrected chi connectivity index (χ1v) is 8.86. The number of nitrogens with one attached hydrogen (secondary N) is 2. The van der Waals surface area contributed by atoms with Gasteiger partial charge in [-0.1, -0.05) is 24.3 Å². The highest BCUT2D eigenvalue weighted by Crippen LogP contribution is 2.15. The molecular formula is C21H19FN4O3. The summed E-state index contributed by atoms with van der Waals surface area (Å²) in [5.41, 5.74) is 1.82. The highest BCUT2D eigenvalue weighted by molar-refractivity contribution is 5.93. The minimum Gasteiger partial charge on any atom is -0.465 e. The topological polar surface area (TPSA) is 93.2 Å². The summed E-state index contributed by atoms with van der Waals surface area (Å²) >= 11 is 0. The molecule has 0 bridgehead atoms. The second-order valence-electron chi connectivity index (χ2n) is 6.09. The molecule has 0 spiro atoms. The number of carbonyl (C=O) groups excluding carboxylic acids is 2. The molecule has 0 radical (unpaired) electrons. The number of anilines is 2. The van der Waals surface area contributed by atoms with Gasteiger partial charge in [-0.3, -0.25) is 4.79 Å². The van der Waals surface area contributed by atoms with E-state index in [1.807, 2.05) is 0 Å². The molecule has 0 aliphatic rings. The van der Waals surface area contributed by atoms with E-state index in [2.05, 4.69) is 25.3 Å². The van der Waals surface area contributed by atoms with E-state index in [1.165, 1.54) is 25.6 Å². The Labute approximate surface area is 167 Å². The zero-order chi connectivity index (χ0) is 20.6. The summed E-state index contributed by atoms with van der Waals surface area (Å²) in [6.07, 6.45) is 3.16. The molecule has 3 aromatic rings. The van der Waals surface area contributed by atoms with E-state index in [0.29, 0.717) is 29.8 Å². The number of hydrogen-bond acceptors (Lipinski definition) is 6. The van der Waals surface area contributed by atoms with Crippen LogP contribution in [0.25, 0.3) is 0 Å². The second-order valence-corrected chi connectivity index (χ2v) is 6.09. The quantitative estimate of drug-likeness (QED) is 0.598. The van der Waals surface area contributed by atoms with Gasteiger partial charge in [-0.25, -0.2) is 19.2 Å². The van der Waals surface area contributed by atoms with Crippen LogP contribution in [0.2, 0.25) is 0 Å². The molecule has 1 amide bonds. The predicted octanol–water partition coefficient (Wildman–Crippen LogP) is 3.12. The summed E-state index contributed by atoms with van der Waals surface area (Å²) in [7, 11) is 1.31. The van der Waals surface area contributed by atoms with Gasteiger partial charge in [0.05, 0.1) is 18.2 Å². The van der Waals surface area contributed by atoms with Crippen molar-refractivity contribution in [2.75, 3.05) is 19.0 Å². The molecule has 0 unspecified atom stereocenters. The van der Waals surface area contributed by atoms with Crippen molar-refractivity contribution in [2.45, 2.75) is 6.42 Å². The fraction of sp³-hybridized carbons (Fsp3) is 0.143. The molecule has 1 heterocycles. The van der Waals surface area contributed by atoms with Crippen LogP contribution >= 0.6 is 0 Å². The average Bonchev–Trinajstić information content (AvgIpc) is 2.75. The minimum absolute atomic E-state index is 0.273. The van der Waals surface area contributed by atoms with Gasteiger partial charge in [0.1, 0.15) is 5.82 Å². The Hall–Kier alpha value is -3.81. The number of hydrogen-bond donors (Lipinski definition) is 2. The number of benzene rings is 2. The molecule has 29 heavy (non-hydrogen) atoms. The van der Waals surface area contributed by atoms with E-state index in [0.717, 1.165) is 0 Å². The molecule has 0 saturated heterocycles. The summed E-state index contributed by atoms with van der Waals surface area (Å²) in [6.45, 7) is 0.292. The van der Waals surface area contributed by atoms with E-state index < -0.39 is 5.97 Å². The lowest BCUT2D eigenvalue weighted by Crippen LogP contribution is -2.26. The first-order valence-electron chi connectivity index (χ1n) is 8.86. The molecule has 7 nitrogen and oxygen atoms in total. The molecule has 148 valence electrons. The first kappa shape index (κ1) is 19.9. The van der Waals surface area contributed by atoms with E-state index in [1.54, 1.807) is 42.5 Å². The standard InChI is InChI=1S/C21H19FN4O3/c1-29-20(28)15-6-4-7-17(11-15)26-21-24-12-16(13-25-21)19(27)23-10-9-14-5-2-3-8-18(14)22/h2-8,11-13H,9-10H2,1H3,(H,23,27)(H,24,25,26). The van der Waals surface area contributed by atoms with E-state index in [9.17, 15) is 14.0 Å². The van der Waals surface area contributed by atoms with Crippen LogP contribution in [0.1, 0.15) is 26.3 Å². The Balaban J connectivity index is 1.56. The van der Waals surface area contributed by atoms with Crippen LogP contribution in [0.15, 0.2) is 60.9 Å². The van der Waals surface area contributed by atoms with Gasteiger partial charge in [0.15, 0.2) is 0 Å². The van der Waals surface area contributed by atoms with Crippen molar-refractivity contribution >= 4 is 23.5 Å². The number of esters is 1. The molecule has 3 rings (SSSR count).